The predicted octanol–water partition coefficient (Wildman–Crippen LogP) is 2.12. The second-order valence-electron chi connectivity index (χ2n) is 5.07. The minimum Gasteiger partial charge on any atom is -0.459 e. The molecule has 17 heavy (non-hydrogen) atoms. The number of carbonyl (C=O) groups is 1. The lowest BCUT2D eigenvalue weighted by Gasteiger charge is -2.31. The number of hydrogen-bond donors (Lipinski definition) is 1. The van der Waals surface area contributed by atoms with Crippen LogP contribution in [0.5, 0.6) is 0 Å². The Morgan fingerprint density at radius 2 is 2.24 bits per heavy atom. The molecule has 4 nitrogen and oxygen atoms in total. The van der Waals surface area contributed by atoms with Crippen LogP contribution in [0.2, 0.25) is 0 Å². The highest BCUT2D eigenvalue weighted by Gasteiger charge is 2.25. The third kappa shape index (κ3) is 3.89. The van der Waals surface area contributed by atoms with Crippen LogP contribution in [-0.2, 0) is 0 Å². The van der Waals surface area contributed by atoms with E-state index in [4.69, 9.17) is 10.2 Å². The molecule has 1 amide bonds. The largest absolute Gasteiger partial charge is 0.459 e. The predicted molar refractivity (Wildman–Crippen MR) is 67.7 cm³/mol. The molecule has 0 radical (unpaired) electrons. The molecule has 0 fully saturated rings. The van der Waals surface area contributed by atoms with Crippen molar-refractivity contribution in [3.8, 4) is 0 Å². The summed E-state index contributed by atoms with van der Waals surface area (Å²) in [4.78, 5) is 14.0. The standard InChI is InChI=1S/C13H22N2O2/c1-4-7-15(10-13(2,3)9-14)12(16)11-6-5-8-17-11/h5-6,8H,4,7,9-10,14H2,1-3H3. The molecule has 0 aliphatic rings. The van der Waals surface area contributed by atoms with Gasteiger partial charge in [0.05, 0.1) is 6.26 Å². The summed E-state index contributed by atoms with van der Waals surface area (Å²) >= 11 is 0. The monoisotopic (exact) mass is 238 g/mol. The van der Waals surface area contributed by atoms with E-state index in [0.29, 0.717) is 18.8 Å². The van der Waals surface area contributed by atoms with Gasteiger partial charge in [0, 0.05) is 13.1 Å². The quantitative estimate of drug-likeness (QED) is 0.825. The van der Waals surface area contributed by atoms with Gasteiger partial charge in [-0.25, -0.2) is 0 Å². The summed E-state index contributed by atoms with van der Waals surface area (Å²) in [6, 6.07) is 3.42. The fourth-order valence-electron chi connectivity index (χ4n) is 1.66. The lowest BCUT2D eigenvalue weighted by atomic mass is 9.93. The molecular weight excluding hydrogens is 216 g/mol. The zero-order valence-corrected chi connectivity index (χ0v) is 10.9. The molecule has 0 bridgehead atoms. The summed E-state index contributed by atoms with van der Waals surface area (Å²) in [6.07, 6.45) is 2.44. The summed E-state index contributed by atoms with van der Waals surface area (Å²) in [7, 11) is 0. The van der Waals surface area contributed by atoms with Crippen molar-refractivity contribution in [1.82, 2.24) is 4.90 Å². The molecule has 1 aromatic rings. The van der Waals surface area contributed by atoms with Crippen molar-refractivity contribution < 1.29 is 9.21 Å². The van der Waals surface area contributed by atoms with E-state index in [2.05, 4.69) is 20.8 Å². The highest BCUT2D eigenvalue weighted by molar-refractivity contribution is 5.91. The van der Waals surface area contributed by atoms with Gasteiger partial charge in [-0.15, -0.1) is 0 Å². The van der Waals surface area contributed by atoms with Gasteiger partial charge in [-0.05, 0) is 30.5 Å². The third-order valence-electron chi connectivity index (χ3n) is 2.68. The van der Waals surface area contributed by atoms with Crippen molar-refractivity contribution in [3.05, 3.63) is 24.2 Å². The third-order valence-corrected chi connectivity index (χ3v) is 2.68. The van der Waals surface area contributed by atoms with E-state index in [1.54, 1.807) is 12.1 Å². The van der Waals surface area contributed by atoms with Crippen LogP contribution in [-0.4, -0.2) is 30.4 Å². The number of hydrogen-bond acceptors (Lipinski definition) is 3. The molecular formula is C13H22N2O2. The summed E-state index contributed by atoms with van der Waals surface area (Å²) in [5.41, 5.74) is 5.64. The highest BCUT2D eigenvalue weighted by atomic mass is 16.3. The van der Waals surface area contributed by atoms with Gasteiger partial charge in [-0.2, -0.15) is 0 Å². The van der Waals surface area contributed by atoms with Crippen molar-refractivity contribution in [2.75, 3.05) is 19.6 Å². The molecule has 0 saturated heterocycles. The minimum absolute atomic E-state index is 0.0571. The number of nitrogens with zero attached hydrogens (tertiary/aromatic N) is 1. The van der Waals surface area contributed by atoms with Crippen LogP contribution in [0.1, 0.15) is 37.7 Å². The van der Waals surface area contributed by atoms with E-state index in [0.717, 1.165) is 13.0 Å². The molecule has 2 N–H and O–H groups in total. The van der Waals surface area contributed by atoms with Crippen LogP contribution in [0.25, 0.3) is 0 Å². The highest BCUT2D eigenvalue weighted by Crippen LogP contribution is 2.17. The topological polar surface area (TPSA) is 59.5 Å². The van der Waals surface area contributed by atoms with E-state index < -0.39 is 0 Å². The Morgan fingerprint density at radius 3 is 2.71 bits per heavy atom. The van der Waals surface area contributed by atoms with E-state index in [1.807, 2.05) is 4.90 Å². The Hall–Kier alpha value is -1.29. The molecule has 0 aromatic carbocycles. The first-order valence-electron chi connectivity index (χ1n) is 6.03. The zero-order valence-electron chi connectivity index (χ0n) is 10.9. The number of nitrogens with two attached hydrogens (primary N) is 1. The maximum absolute atomic E-state index is 12.2. The lowest BCUT2D eigenvalue weighted by molar-refractivity contribution is 0.0657. The first kappa shape index (κ1) is 13.8. The van der Waals surface area contributed by atoms with Crippen LogP contribution < -0.4 is 5.73 Å². The average molecular weight is 238 g/mol. The number of rotatable bonds is 6. The van der Waals surface area contributed by atoms with Crippen LogP contribution >= 0.6 is 0 Å². The first-order chi connectivity index (χ1) is 8.00. The smallest absolute Gasteiger partial charge is 0.289 e. The van der Waals surface area contributed by atoms with E-state index >= 15 is 0 Å². The molecule has 0 unspecified atom stereocenters. The van der Waals surface area contributed by atoms with Gasteiger partial charge in [0.1, 0.15) is 0 Å². The molecule has 0 saturated carbocycles. The van der Waals surface area contributed by atoms with Gasteiger partial charge in [0.2, 0.25) is 0 Å². The molecule has 1 heterocycles. The Kier molecular flexibility index (Phi) is 4.75. The number of carbonyl (C=O) groups excluding carboxylic acids is 1. The number of amides is 1. The van der Waals surface area contributed by atoms with Crippen LogP contribution in [0.4, 0.5) is 0 Å². The van der Waals surface area contributed by atoms with Crippen LogP contribution in [0, 0.1) is 5.41 Å². The van der Waals surface area contributed by atoms with Gasteiger partial charge in [0.15, 0.2) is 5.76 Å². The molecule has 0 aliphatic heterocycles. The molecule has 0 atom stereocenters. The average Bonchev–Trinajstić information content (AvgIpc) is 2.81. The zero-order chi connectivity index (χ0) is 12.9. The van der Waals surface area contributed by atoms with E-state index in [1.165, 1.54) is 6.26 Å². The molecule has 96 valence electrons. The lowest BCUT2D eigenvalue weighted by Crippen LogP contribution is -2.42. The van der Waals surface area contributed by atoms with Gasteiger partial charge >= 0.3 is 0 Å². The van der Waals surface area contributed by atoms with Crippen LogP contribution in [0.15, 0.2) is 22.8 Å². The second-order valence-corrected chi connectivity index (χ2v) is 5.07. The van der Waals surface area contributed by atoms with Crippen molar-refractivity contribution in [2.24, 2.45) is 11.1 Å². The molecule has 0 spiro atoms. The van der Waals surface area contributed by atoms with Crippen molar-refractivity contribution in [2.45, 2.75) is 27.2 Å². The summed E-state index contributed by atoms with van der Waals surface area (Å²) < 4.78 is 5.15. The summed E-state index contributed by atoms with van der Waals surface area (Å²) in [5.74, 6) is 0.338. The SMILES string of the molecule is CCCN(CC(C)(C)CN)C(=O)c1ccco1. The summed E-state index contributed by atoms with van der Waals surface area (Å²) in [5, 5.41) is 0. The maximum Gasteiger partial charge on any atom is 0.289 e. The van der Waals surface area contributed by atoms with E-state index in [9.17, 15) is 4.79 Å². The van der Waals surface area contributed by atoms with E-state index in [-0.39, 0.29) is 11.3 Å². The molecule has 1 aromatic heterocycles. The molecule has 4 heteroatoms. The normalized spacial score (nSPS) is 11.5. The maximum atomic E-state index is 12.2. The van der Waals surface area contributed by atoms with Gasteiger partial charge < -0.3 is 15.1 Å². The molecule has 1 rings (SSSR count). The van der Waals surface area contributed by atoms with Crippen LogP contribution in [0.3, 0.4) is 0 Å². The summed E-state index contributed by atoms with van der Waals surface area (Å²) in [6.45, 7) is 8.10. The second kappa shape index (κ2) is 5.87. The minimum atomic E-state index is -0.0720. The van der Waals surface area contributed by atoms with Crippen molar-refractivity contribution >= 4 is 5.91 Å². The van der Waals surface area contributed by atoms with Gasteiger partial charge in [0.25, 0.3) is 5.91 Å². The molecule has 0 aliphatic carbocycles. The fourth-order valence-corrected chi connectivity index (χ4v) is 1.66. The Morgan fingerprint density at radius 1 is 1.53 bits per heavy atom. The van der Waals surface area contributed by atoms with Gasteiger partial charge in [-0.1, -0.05) is 20.8 Å². The number of furan rings is 1. The Labute approximate surface area is 103 Å². The Balaban J connectivity index is 2.75. The van der Waals surface area contributed by atoms with Gasteiger partial charge in [-0.3, -0.25) is 4.79 Å². The Bertz CT molecular complexity index is 344. The fraction of sp³-hybridized carbons (Fsp3) is 0.615. The first-order valence-corrected chi connectivity index (χ1v) is 6.03. The van der Waals surface area contributed by atoms with Crippen molar-refractivity contribution in [3.63, 3.8) is 0 Å². The van der Waals surface area contributed by atoms with Crippen molar-refractivity contribution in [1.29, 1.82) is 0 Å².